The molecule has 3 N–H and O–H groups in total. The zero-order valence-electron chi connectivity index (χ0n) is 14.0. The van der Waals surface area contributed by atoms with Crippen LogP contribution in [0.2, 0.25) is 0 Å². The summed E-state index contributed by atoms with van der Waals surface area (Å²) < 4.78 is 5.50. The standard InChI is InChI=1S/C17H32N2O3/c1-3-4-14(9-16(18)20)19(10-13-5-6-13)17(21)15-7-8-22-11-12(15)2/h12-15,17,21H,3-11H2,1-2H3,(H2,18,20). The SMILES string of the molecule is CCCC(CC(N)=O)N(CC1CC1)C(O)C1CCOCC1C. The minimum atomic E-state index is -0.490. The highest BCUT2D eigenvalue weighted by atomic mass is 16.5. The van der Waals surface area contributed by atoms with E-state index in [1.54, 1.807) is 0 Å². The minimum Gasteiger partial charge on any atom is -0.381 e. The molecule has 0 radical (unpaired) electrons. The number of ether oxygens (including phenoxy) is 1. The van der Waals surface area contributed by atoms with E-state index in [4.69, 9.17) is 10.5 Å². The Morgan fingerprint density at radius 3 is 2.68 bits per heavy atom. The van der Waals surface area contributed by atoms with Crippen molar-refractivity contribution in [2.75, 3.05) is 19.8 Å². The molecule has 1 saturated heterocycles. The van der Waals surface area contributed by atoms with E-state index in [1.165, 1.54) is 12.8 Å². The number of carbonyl (C=O) groups excluding carboxylic acids is 1. The van der Waals surface area contributed by atoms with Gasteiger partial charge in [-0.3, -0.25) is 9.69 Å². The lowest BCUT2D eigenvalue weighted by Gasteiger charge is -2.42. The van der Waals surface area contributed by atoms with E-state index in [2.05, 4.69) is 18.7 Å². The van der Waals surface area contributed by atoms with Crippen LogP contribution in [-0.4, -0.2) is 47.9 Å². The fourth-order valence-electron chi connectivity index (χ4n) is 3.61. The summed E-state index contributed by atoms with van der Waals surface area (Å²) in [6.07, 6.45) is 5.12. The zero-order valence-corrected chi connectivity index (χ0v) is 14.0. The summed E-state index contributed by atoms with van der Waals surface area (Å²) >= 11 is 0. The van der Waals surface area contributed by atoms with Crippen molar-refractivity contribution < 1.29 is 14.6 Å². The normalized spacial score (nSPS) is 28.5. The summed E-state index contributed by atoms with van der Waals surface area (Å²) in [6, 6.07) is 0.0631. The van der Waals surface area contributed by atoms with E-state index in [0.29, 0.717) is 24.9 Å². The van der Waals surface area contributed by atoms with Crippen LogP contribution in [0.5, 0.6) is 0 Å². The van der Waals surface area contributed by atoms with Crippen molar-refractivity contribution in [3.63, 3.8) is 0 Å². The second-order valence-corrected chi connectivity index (χ2v) is 7.17. The molecule has 4 unspecified atom stereocenters. The van der Waals surface area contributed by atoms with Crippen LogP contribution in [-0.2, 0) is 9.53 Å². The smallest absolute Gasteiger partial charge is 0.218 e. The van der Waals surface area contributed by atoms with Gasteiger partial charge in [-0.25, -0.2) is 0 Å². The first-order valence-corrected chi connectivity index (χ1v) is 8.82. The molecule has 2 rings (SSSR count). The number of primary amides is 1. The first-order chi connectivity index (χ1) is 10.5. The number of rotatable bonds is 9. The molecule has 5 heteroatoms. The third-order valence-corrected chi connectivity index (χ3v) is 5.12. The topological polar surface area (TPSA) is 75.8 Å². The highest BCUT2D eigenvalue weighted by Gasteiger charge is 2.38. The highest BCUT2D eigenvalue weighted by Crippen LogP contribution is 2.35. The van der Waals surface area contributed by atoms with Crippen LogP contribution in [0.15, 0.2) is 0 Å². The van der Waals surface area contributed by atoms with E-state index in [-0.39, 0.29) is 17.9 Å². The molecule has 5 nitrogen and oxygen atoms in total. The molecule has 0 aromatic heterocycles. The molecule has 1 heterocycles. The van der Waals surface area contributed by atoms with Crippen molar-refractivity contribution >= 4 is 5.91 Å². The van der Waals surface area contributed by atoms with Gasteiger partial charge in [0.25, 0.3) is 0 Å². The molecule has 4 atom stereocenters. The van der Waals surface area contributed by atoms with Gasteiger partial charge in [0.1, 0.15) is 6.23 Å². The lowest BCUT2D eigenvalue weighted by Crippen LogP contribution is -2.51. The van der Waals surface area contributed by atoms with Crippen molar-refractivity contribution in [3.8, 4) is 0 Å². The van der Waals surface area contributed by atoms with Crippen LogP contribution in [0.3, 0.4) is 0 Å². The molecule has 2 aliphatic rings. The maximum Gasteiger partial charge on any atom is 0.218 e. The number of nitrogens with two attached hydrogens (primary N) is 1. The maximum atomic E-state index is 11.4. The maximum absolute atomic E-state index is 11.4. The summed E-state index contributed by atoms with van der Waals surface area (Å²) in [5, 5.41) is 11.0. The number of aliphatic hydroxyl groups is 1. The third-order valence-electron chi connectivity index (χ3n) is 5.12. The van der Waals surface area contributed by atoms with Gasteiger partial charge in [-0.15, -0.1) is 0 Å². The van der Waals surface area contributed by atoms with Gasteiger partial charge >= 0.3 is 0 Å². The van der Waals surface area contributed by atoms with Crippen molar-refractivity contribution in [2.45, 2.75) is 64.6 Å². The van der Waals surface area contributed by atoms with Crippen molar-refractivity contribution in [2.24, 2.45) is 23.5 Å². The number of aliphatic hydroxyl groups excluding tert-OH is 1. The fourth-order valence-corrected chi connectivity index (χ4v) is 3.61. The Morgan fingerprint density at radius 1 is 1.41 bits per heavy atom. The molecule has 0 spiro atoms. The van der Waals surface area contributed by atoms with Crippen molar-refractivity contribution in [3.05, 3.63) is 0 Å². The van der Waals surface area contributed by atoms with E-state index in [1.807, 2.05) is 0 Å². The predicted molar refractivity (Wildman–Crippen MR) is 86.0 cm³/mol. The Kier molecular flexibility index (Phi) is 6.66. The molecular weight excluding hydrogens is 280 g/mol. The lowest BCUT2D eigenvalue weighted by molar-refractivity contribution is -0.128. The molecule has 0 aromatic carbocycles. The second-order valence-electron chi connectivity index (χ2n) is 7.17. The Morgan fingerprint density at radius 2 is 2.14 bits per heavy atom. The van der Waals surface area contributed by atoms with E-state index < -0.39 is 6.23 Å². The van der Waals surface area contributed by atoms with Gasteiger partial charge in [0.15, 0.2) is 0 Å². The summed E-state index contributed by atoms with van der Waals surface area (Å²) in [5.74, 6) is 0.976. The Bertz CT molecular complexity index is 360. The van der Waals surface area contributed by atoms with Crippen LogP contribution >= 0.6 is 0 Å². The molecule has 128 valence electrons. The van der Waals surface area contributed by atoms with Crippen LogP contribution in [0.25, 0.3) is 0 Å². The second kappa shape index (κ2) is 8.27. The molecule has 1 aliphatic heterocycles. The Balaban J connectivity index is 2.09. The summed E-state index contributed by atoms with van der Waals surface area (Å²) in [6.45, 7) is 6.59. The minimum absolute atomic E-state index is 0.0631. The molecule has 1 aliphatic carbocycles. The Labute approximate surface area is 134 Å². The Hall–Kier alpha value is -0.650. The van der Waals surface area contributed by atoms with Crippen LogP contribution in [0, 0.1) is 17.8 Å². The monoisotopic (exact) mass is 312 g/mol. The molecule has 1 amide bonds. The van der Waals surface area contributed by atoms with Crippen molar-refractivity contribution in [1.82, 2.24) is 4.90 Å². The van der Waals surface area contributed by atoms with Gasteiger partial charge in [0.05, 0.1) is 0 Å². The largest absolute Gasteiger partial charge is 0.381 e. The summed E-state index contributed by atoms with van der Waals surface area (Å²) in [5.41, 5.74) is 5.45. The fraction of sp³-hybridized carbons (Fsp3) is 0.941. The summed E-state index contributed by atoms with van der Waals surface area (Å²) in [4.78, 5) is 13.6. The van der Waals surface area contributed by atoms with Crippen LogP contribution in [0.1, 0.15) is 52.4 Å². The number of nitrogens with zero attached hydrogens (tertiary/aromatic N) is 1. The number of amides is 1. The predicted octanol–water partition coefficient (Wildman–Crippen LogP) is 1.73. The van der Waals surface area contributed by atoms with E-state index in [0.717, 1.165) is 32.4 Å². The quantitative estimate of drug-likeness (QED) is 0.636. The zero-order chi connectivity index (χ0) is 16.1. The molecule has 1 saturated carbocycles. The first-order valence-electron chi connectivity index (χ1n) is 8.82. The van der Waals surface area contributed by atoms with Gasteiger partial charge in [-0.1, -0.05) is 20.3 Å². The van der Waals surface area contributed by atoms with Gasteiger partial charge in [0.2, 0.25) is 5.91 Å². The van der Waals surface area contributed by atoms with E-state index >= 15 is 0 Å². The van der Waals surface area contributed by atoms with Gasteiger partial charge in [-0.05, 0) is 37.5 Å². The summed E-state index contributed by atoms with van der Waals surface area (Å²) in [7, 11) is 0. The van der Waals surface area contributed by atoms with Crippen LogP contribution in [0.4, 0.5) is 0 Å². The van der Waals surface area contributed by atoms with Gasteiger partial charge in [-0.2, -0.15) is 0 Å². The molecule has 0 bridgehead atoms. The average molecular weight is 312 g/mol. The highest BCUT2D eigenvalue weighted by molar-refractivity contribution is 5.74. The molecule has 22 heavy (non-hydrogen) atoms. The number of hydrogen-bond donors (Lipinski definition) is 2. The number of carbonyl (C=O) groups is 1. The van der Waals surface area contributed by atoms with Crippen LogP contribution < -0.4 is 5.73 Å². The number of hydrogen-bond acceptors (Lipinski definition) is 4. The van der Waals surface area contributed by atoms with E-state index in [9.17, 15) is 9.90 Å². The van der Waals surface area contributed by atoms with Crippen molar-refractivity contribution in [1.29, 1.82) is 0 Å². The van der Waals surface area contributed by atoms with Gasteiger partial charge < -0.3 is 15.6 Å². The molecule has 2 fully saturated rings. The van der Waals surface area contributed by atoms with Gasteiger partial charge in [0, 0.05) is 38.1 Å². The first kappa shape index (κ1) is 17.7. The lowest BCUT2D eigenvalue weighted by atomic mass is 9.86. The average Bonchev–Trinajstić information content (AvgIpc) is 3.28. The third kappa shape index (κ3) is 4.93. The molecule has 0 aromatic rings. The molecular formula is C17H32N2O3.